The number of carbonyl (C=O) groups is 1. The Labute approximate surface area is 132 Å². The molecule has 1 aromatic heterocycles. The summed E-state index contributed by atoms with van der Waals surface area (Å²) >= 11 is 7.55. The predicted octanol–water partition coefficient (Wildman–Crippen LogP) is 3.12. The summed E-state index contributed by atoms with van der Waals surface area (Å²) in [6, 6.07) is 5.47. The van der Waals surface area contributed by atoms with Gasteiger partial charge in [-0.3, -0.25) is 4.68 Å². The van der Waals surface area contributed by atoms with Gasteiger partial charge in [0.2, 0.25) is 0 Å². The maximum Gasteiger partial charge on any atom is 0.341 e. The molecule has 0 saturated carbocycles. The SMILES string of the molecule is CCOC(=O)c1cnn(C)c1CSc1ccc(N)c(Cl)c1. The molecule has 2 rings (SSSR count). The molecule has 1 heterocycles. The fraction of sp³-hybridized carbons (Fsp3) is 0.286. The van der Waals surface area contributed by atoms with Crippen LogP contribution in [0.25, 0.3) is 0 Å². The van der Waals surface area contributed by atoms with Gasteiger partial charge in [-0.1, -0.05) is 11.6 Å². The number of benzene rings is 1. The third-order valence-electron chi connectivity index (χ3n) is 2.90. The number of nitrogen functional groups attached to an aromatic ring is 1. The molecule has 1 aromatic carbocycles. The topological polar surface area (TPSA) is 70.1 Å². The number of halogens is 1. The van der Waals surface area contributed by atoms with E-state index >= 15 is 0 Å². The average molecular weight is 326 g/mol. The van der Waals surface area contributed by atoms with Crippen molar-refractivity contribution in [2.45, 2.75) is 17.6 Å². The van der Waals surface area contributed by atoms with Crippen molar-refractivity contribution in [1.29, 1.82) is 0 Å². The molecule has 2 N–H and O–H groups in total. The highest BCUT2D eigenvalue weighted by Gasteiger charge is 2.17. The fourth-order valence-electron chi connectivity index (χ4n) is 1.76. The Morgan fingerprint density at radius 1 is 1.52 bits per heavy atom. The van der Waals surface area contributed by atoms with Gasteiger partial charge in [0.05, 0.1) is 29.2 Å². The minimum atomic E-state index is -0.350. The lowest BCUT2D eigenvalue weighted by atomic mass is 10.3. The van der Waals surface area contributed by atoms with Gasteiger partial charge in [-0.25, -0.2) is 4.79 Å². The van der Waals surface area contributed by atoms with Gasteiger partial charge < -0.3 is 10.5 Å². The second kappa shape index (κ2) is 6.87. The zero-order chi connectivity index (χ0) is 15.4. The molecule has 0 aliphatic heterocycles. The van der Waals surface area contributed by atoms with E-state index in [4.69, 9.17) is 22.1 Å². The zero-order valence-corrected chi connectivity index (χ0v) is 13.4. The van der Waals surface area contributed by atoms with Crippen LogP contribution in [0.15, 0.2) is 29.3 Å². The molecular formula is C14H16ClN3O2S. The largest absolute Gasteiger partial charge is 0.462 e. The van der Waals surface area contributed by atoms with Crippen LogP contribution < -0.4 is 5.73 Å². The molecule has 0 unspecified atom stereocenters. The molecule has 0 fully saturated rings. The summed E-state index contributed by atoms with van der Waals surface area (Å²) in [7, 11) is 1.80. The van der Waals surface area contributed by atoms with E-state index in [1.807, 2.05) is 12.1 Å². The summed E-state index contributed by atoms with van der Waals surface area (Å²) in [5, 5.41) is 4.64. The van der Waals surface area contributed by atoms with Crippen molar-refractivity contribution in [3.05, 3.63) is 40.7 Å². The van der Waals surface area contributed by atoms with Crippen LogP contribution in [-0.2, 0) is 17.5 Å². The molecule has 0 amide bonds. The molecule has 5 nitrogen and oxygen atoms in total. The van der Waals surface area contributed by atoms with E-state index in [9.17, 15) is 4.79 Å². The van der Waals surface area contributed by atoms with Crippen LogP contribution in [0, 0.1) is 0 Å². The van der Waals surface area contributed by atoms with Crippen LogP contribution in [0.2, 0.25) is 5.02 Å². The Morgan fingerprint density at radius 2 is 2.29 bits per heavy atom. The van der Waals surface area contributed by atoms with Crippen molar-refractivity contribution in [3.8, 4) is 0 Å². The first-order valence-corrected chi connectivity index (χ1v) is 7.75. The van der Waals surface area contributed by atoms with Crippen molar-refractivity contribution < 1.29 is 9.53 Å². The molecule has 2 aromatic rings. The smallest absolute Gasteiger partial charge is 0.341 e. The van der Waals surface area contributed by atoms with E-state index in [0.717, 1.165) is 10.6 Å². The first-order chi connectivity index (χ1) is 10.0. The number of hydrogen-bond acceptors (Lipinski definition) is 5. The summed E-state index contributed by atoms with van der Waals surface area (Å²) < 4.78 is 6.71. The Morgan fingerprint density at radius 3 is 2.95 bits per heavy atom. The molecule has 0 spiro atoms. The van der Waals surface area contributed by atoms with Crippen LogP contribution in [0.1, 0.15) is 23.0 Å². The first-order valence-electron chi connectivity index (χ1n) is 6.38. The Kier molecular flexibility index (Phi) is 5.14. The van der Waals surface area contributed by atoms with Gasteiger partial charge in [0.15, 0.2) is 0 Å². The molecule has 0 saturated heterocycles. The Hall–Kier alpha value is -1.66. The molecule has 0 bridgehead atoms. The van der Waals surface area contributed by atoms with E-state index < -0.39 is 0 Å². The van der Waals surface area contributed by atoms with Crippen molar-refractivity contribution in [2.75, 3.05) is 12.3 Å². The number of rotatable bonds is 5. The zero-order valence-electron chi connectivity index (χ0n) is 11.8. The van der Waals surface area contributed by atoms with Gasteiger partial charge in [-0.05, 0) is 25.1 Å². The van der Waals surface area contributed by atoms with Crippen molar-refractivity contribution >= 4 is 35.0 Å². The standard InChI is InChI=1S/C14H16ClN3O2S/c1-3-20-14(19)10-7-17-18(2)13(10)8-21-9-4-5-12(16)11(15)6-9/h4-7H,3,8,16H2,1-2H3. The highest BCUT2D eigenvalue weighted by molar-refractivity contribution is 7.98. The fourth-order valence-corrected chi connectivity index (χ4v) is 3.02. The average Bonchev–Trinajstić information content (AvgIpc) is 2.82. The number of carbonyl (C=O) groups excluding carboxylic acids is 1. The molecular weight excluding hydrogens is 310 g/mol. The van der Waals surface area contributed by atoms with Crippen molar-refractivity contribution in [2.24, 2.45) is 7.05 Å². The highest BCUT2D eigenvalue weighted by atomic mass is 35.5. The summed E-state index contributed by atoms with van der Waals surface area (Å²) in [5.74, 6) is 0.238. The van der Waals surface area contributed by atoms with Crippen LogP contribution in [0.4, 0.5) is 5.69 Å². The molecule has 7 heteroatoms. The van der Waals surface area contributed by atoms with Gasteiger partial charge in [-0.2, -0.15) is 5.10 Å². The molecule has 0 atom stereocenters. The minimum absolute atomic E-state index is 0.341. The molecule has 0 radical (unpaired) electrons. The van der Waals surface area contributed by atoms with Gasteiger partial charge in [0, 0.05) is 17.7 Å². The number of nitrogens with two attached hydrogens (primary N) is 1. The van der Waals surface area contributed by atoms with Crippen molar-refractivity contribution in [1.82, 2.24) is 9.78 Å². The lowest BCUT2D eigenvalue weighted by Gasteiger charge is -2.07. The third-order valence-corrected chi connectivity index (χ3v) is 4.24. The summed E-state index contributed by atoms with van der Waals surface area (Å²) in [5.41, 5.74) is 7.54. The molecule has 112 valence electrons. The molecule has 21 heavy (non-hydrogen) atoms. The second-order valence-electron chi connectivity index (χ2n) is 4.32. The lowest BCUT2D eigenvalue weighted by Crippen LogP contribution is -2.08. The predicted molar refractivity (Wildman–Crippen MR) is 84.6 cm³/mol. The second-order valence-corrected chi connectivity index (χ2v) is 5.78. The quantitative estimate of drug-likeness (QED) is 0.519. The summed E-state index contributed by atoms with van der Waals surface area (Å²) in [6.45, 7) is 2.12. The highest BCUT2D eigenvalue weighted by Crippen LogP contribution is 2.29. The number of thioether (sulfide) groups is 1. The third kappa shape index (κ3) is 3.71. The number of anilines is 1. The van der Waals surface area contributed by atoms with Crippen LogP contribution in [-0.4, -0.2) is 22.4 Å². The van der Waals surface area contributed by atoms with E-state index in [-0.39, 0.29) is 5.97 Å². The number of aryl methyl sites for hydroxylation is 1. The lowest BCUT2D eigenvalue weighted by molar-refractivity contribution is 0.0525. The van der Waals surface area contributed by atoms with Crippen LogP contribution in [0.3, 0.4) is 0 Å². The number of esters is 1. The van der Waals surface area contributed by atoms with E-state index in [1.54, 1.807) is 36.5 Å². The molecule has 0 aliphatic rings. The maximum atomic E-state index is 11.9. The summed E-state index contributed by atoms with van der Waals surface area (Å²) in [4.78, 5) is 12.8. The van der Waals surface area contributed by atoms with Crippen molar-refractivity contribution in [3.63, 3.8) is 0 Å². The van der Waals surface area contributed by atoms with Gasteiger partial charge >= 0.3 is 5.97 Å². The molecule has 0 aliphatic carbocycles. The Bertz CT molecular complexity index is 658. The van der Waals surface area contributed by atoms with E-state index in [2.05, 4.69) is 5.10 Å². The maximum absolute atomic E-state index is 11.9. The normalized spacial score (nSPS) is 10.6. The van der Waals surface area contributed by atoms with E-state index in [0.29, 0.717) is 28.6 Å². The van der Waals surface area contributed by atoms with Gasteiger partial charge in [0.25, 0.3) is 0 Å². The summed E-state index contributed by atoms with van der Waals surface area (Å²) in [6.07, 6.45) is 1.53. The van der Waals surface area contributed by atoms with Gasteiger partial charge in [-0.15, -0.1) is 11.8 Å². The number of hydrogen-bond donors (Lipinski definition) is 1. The van der Waals surface area contributed by atoms with Crippen LogP contribution in [0.5, 0.6) is 0 Å². The number of nitrogens with zero attached hydrogens (tertiary/aromatic N) is 2. The monoisotopic (exact) mass is 325 g/mol. The van der Waals surface area contributed by atoms with E-state index in [1.165, 1.54) is 6.20 Å². The number of aromatic nitrogens is 2. The minimum Gasteiger partial charge on any atom is -0.462 e. The van der Waals surface area contributed by atoms with Gasteiger partial charge in [0.1, 0.15) is 5.56 Å². The Balaban J connectivity index is 2.14. The van der Waals surface area contributed by atoms with Crippen LogP contribution >= 0.6 is 23.4 Å². The number of ether oxygens (including phenoxy) is 1. The first kappa shape index (κ1) is 15.7.